The highest BCUT2D eigenvalue weighted by atomic mass is 16.1. The Morgan fingerprint density at radius 1 is 1.30 bits per heavy atom. The van der Waals surface area contributed by atoms with E-state index in [1.807, 2.05) is 24.3 Å². The number of rotatable bonds is 5. The first-order valence-electron chi connectivity index (χ1n) is 7.43. The summed E-state index contributed by atoms with van der Waals surface area (Å²) in [5.74, 6) is -0.241. The molecule has 1 aromatic carbocycles. The molecule has 0 unspecified atom stereocenters. The van der Waals surface area contributed by atoms with Crippen LogP contribution in [0.4, 0.5) is 5.69 Å². The number of hydrogen-bond acceptors (Lipinski definition) is 3. The lowest BCUT2D eigenvalue weighted by molar-refractivity contribution is -0.123. The van der Waals surface area contributed by atoms with E-state index in [9.17, 15) is 4.79 Å². The lowest BCUT2D eigenvalue weighted by Crippen LogP contribution is -2.57. The van der Waals surface area contributed by atoms with Crippen LogP contribution in [0.25, 0.3) is 0 Å². The normalized spacial score (nSPS) is 18.7. The Balaban J connectivity index is 2.08. The number of nitrogens with zero attached hydrogens (tertiary/aromatic N) is 1. The smallest absolute Gasteiger partial charge is 0.243 e. The van der Waals surface area contributed by atoms with E-state index in [2.05, 4.69) is 24.1 Å². The second kappa shape index (κ2) is 6.27. The molecule has 20 heavy (non-hydrogen) atoms. The van der Waals surface area contributed by atoms with E-state index in [1.54, 1.807) is 0 Å². The molecular formula is C16H25N3O. The molecule has 1 fully saturated rings. The van der Waals surface area contributed by atoms with Gasteiger partial charge in [-0.3, -0.25) is 4.79 Å². The number of hydrogen-bond donors (Lipinski definition) is 2. The van der Waals surface area contributed by atoms with Crippen molar-refractivity contribution in [1.29, 1.82) is 0 Å². The lowest BCUT2D eigenvalue weighted by atomic mass is 9.86. The van der Waals surface area contributed by atoms with Crippen molar-refractivity contribution in [3.8, 4) is 0 Å². The Bertz CT molecular complexity index is 447. The summed E-state index contributed by atoms with van der Waals surface area (Å²) in [6.45, 7) is 7.18. The van der Waals surface area contributed by atoms with E-state index in [0.29, 0.717) is 0 Å². The fourth-order valence-corrected chi connectivity index (χ4v) is 2.82. The fourth-order valence-electron chi connectivity index (χ4n) is 2.82. The van der Waals surface area contributed by atoms with E-state index in [1.165, 1.54) is 5.56 Å². The second-order valence-electron chi connectivity index (χ2n) is 5.78. The lowest BCUT2D eigenvalue weighted by Gasteiger charge is -2.40. The van der Waals surface area contributed by atoms with Crippen LogP contribution in [-0.2, 0) is 4.79 Å². The van der Waals surface area contributed by atoms with Crippen molar-refractivity contribution in [3.05, 3.63) is 29.8 Å². The average Bonchev–Trinajstić information content (AvgIpc) is 2.44. The van der Waals surface area contributed by atoms with Gasteiger partial charge in [0, 0.05) is 18.8 Å². The van der Waals surface area contributed by atoms with Crippen molar-refractivity contribution >= 4 is 11.6 Å². The maximum atomic E-state index is 12.0. The van der Waals surface area contributed by atoms with E-state index < -0.39 is 5.54 Å². The van der Waals surface area contributed by atoms with E-state index in [0.717, 1.165) is 44.6 Å². The van der Waals surface area contributed by atoms with Crippen molar-refractivity contribution in [2.45, 2.75) is 38.6 Å². The van der Waals surface area contributed by atoms with Gasteiger partial charge in [-0.25, -0.2) is 0 Å². The molecular weight excluding hydrogens is 250 g/mol. The highest BCUT2D eigenvalue weighted by Crippen LogP contribution is 2.27. The molecule has 4 nitrogen and oxygen atoms in total. The van der Waals surface area contributed by atoms with Crippen molar-refractivity contribution in [2.24, 2.45) is 5.73 Å². The zero-order valence-electron chi connectivity index (χ0n) is 12.5. The quantitative estimate of drug-likeness (QED) is 0.865. The highest BCUT2D eigenvalue weighted by molar-refractivity contribution is 5.88. The third kappa shape index (κ3) is 3.31. The van der Waals surface area contributed by atoms with Crippen LogP contribution in [0.5, 0.6) is 0 Å². The second-order valence-corrected chi connectivity index (χ2v) is 5.78. The van der Waals surface area contributed by atoms with Crippen LogP contribution in [0.2, 0.25) is 0 Å². The van der Waals surface area contributed by atoms with Gasteiger partial charge in [-0.2, -0.15) is 0 Å². The third-order valence-corrected chi connectivity index (χ3v) is 4.16. The molecule has 1 aliphatic heterocycles. The Morgan fingerprint density at radius 3 is 2.40 bits per heavy atom. The Kier molecular flexibility index (Phi) is 4.65. The van der Waals surface area contributed by atoms with Gasteiger partial charge < -0.3 is 16.0 Å². The summed E-state index contributed by atoms with van der Waals surface area (Å²) in [6.07, 6.45) is 2.70. The van der Waals surface area contributed by atoms with Crippen LogP contribution in [0.15, 0.2) is 24.3 Å². The maximum absolute atomic E-state index is 12.0. The van der Waals surface area contributed by atoms with Gasteiger partial charge in [0.1, 0.15) is 5.54 Å². The predicted molar refractivity (Wildman–Crippen MR) is 82.7 cm³/mol. The molecule has 0 spiro atoms. The van der Waals surface area contributed by atoms with E-state index in [4.69, 9.17) is 5.73 Å². The van der Waals surface area contributed by atoms with Crippen LogP contribution in [-0.4, -0.2) is 36.0 Å². The molecule has 0 bridgehead atoms. The molecule has 3 N–H and O–H groups in total. The summed E-state index contributed by atoms with van der Waals surface area (Å²) in [6, 6.07) is 8.11. The number of anilines is 1. The number of piperidine rings is 1. The van der Waals surface area contributed by atoms with Gasteiger partial charge in [-0.1, -0.05) is 24.6 Å². The van der Waals surface area contributed by atoms with Crippen molar-refractivity contribution in [3.63, 3.8) is 0 Å². The first-order valence-corrected chi connectivity index (χ1v) is 7.43. The minimum atomic E-state index is -0.598. The van der Waals surface area contributed by atoms with Crippen LogP contribution in [0, 0.1) is 6.92 Å². The first-order chi connectivity index (χ1) is 9.55. The number of amides is 1. The third-order valence-electron chi connectivity index (χ3n) is 4.16. The molecule has 1 amide bonds. The van der Waals surface area contributed by atoms with Crippen molar-refractivity contribution in [2.75, 3.05) is 25.0 Å². The molecule has 0 aliphatic carbocycles. The number of nitrogens with one attached hydrogen (secondary N) is 1. The number of carbonyl (C=O) groups excluding carboxylic acids is 1. The van der Waals surface area contributed by atoms with Gasteiger partial charge in [-0.15, -0.1) is 0 Å². The molecule has 1 saturated heterocycles. The molecule has 4 heteroatoms. The first kappa shape index (κ1) is 14.9. The maximum Gasteiger partial charge on any atom is 0.243 e. The van der Waals surface area contributed by atoms with E-state index in [-0.39, 0.29) is 5.91 Å². The minimum absolute atomic E-state index is 0.241. The number of carbonyl (C=O) groups is 1. The molecule has 1 heterocycles. The van der Waals surface area contributed by atoms with E-state index >= 15 is 0 Å². The van der Waals surface area contributed by atoms with Gasteiger partial charge in [0.2, 0.25) is 5.91 Å². The fraction of sp³-hybridized carbons (Fsp3) is 0.562. The zero-order chi connectivity index (χ0) is 14.6. The molecule has 2 rings (SSSR count). The largest absolute Gasteiger partial charge is 0.371 e. The van der Waals surface area contributed by atoms with Crippen molar-refractivity contribution in [1.82, 2.24) is 4.90 Å². The van der Waals surface area contributed by atoms with Crippen LogP contribution >= 0.6 is 0 Å². The van der Waals surface area contributed by atoms with Gasteiger partial charge >= 0.3 is 0 Å². The number of aryl methyl sites for hydroxylation is 1. The molecule has 1 aromatic rings. The molecule has 0 saturated carbocycles. The summed E-state index contributed by atoms with van der Waals surface area (Å²) >= 11 is 0. The summed E-state index contributed by atoms with van der Waals surface area (Å²) < 4.78 is 0. The van der Waals surface area contributed by atoms with Gasteiger partial charge in [0.15, 0.2) is 0 Å². The minimum Gasteiger partial charge on any atom is -0.371 e. The molecule has 0 atom stereocenters. The number of likely N-dealkylation sites (tertiary alicyclic amines) is 1. The Hall–Kier alpha value is -1.55. The number of benzene rings is 1. The van der Waals surface area contributed by atoms with Gasteiger partial charge in [0.25, 0.3) is 0 Å². The Labute approximate surface area is 121 Å². The summed E-state index contributed by atoms with van der Waals surface area (Å²) in [4.78, 5) is 14.4. The molecule has 110 valence electrons. The Morgan fingerprint density at radius 2 is 1.90 bits per heavy atom. The van der Waals surface area contributed by atoms with Gasteiger partial charge in [-0.05, 0) is 44.9 Å². The topological polar surface area (TPSA) is 58.4 Å². The summed E-state index contributed by atoms with van der Waals surface area (Å²) in [7, 11) is 0. The monoisotopic (exact) mass is 275 g/mol. The van der Waals surface area contributed by atoms with Crippen LogP contribution in [0.1, 0.15) is 31.7 Å². The molecule has 0 aromatic heterocycles. The molecule has 1 aliphatic rings. The van der Waals surface area contributed by atoms with Crippen LogP contribution in [0.3, 0.4) is 0 Å². The van der Waals surface area contributed by atoms with Crippen molar-refractivity contribution < 1.29 is 4.79 Å². The predicted octanol–water partition coefficient (Wildman–Crippen LogP) is 2.14. The van der Waals surface area contributed by atoms with Gasteiger partial charge in [0.05, 0.1) is 0 Å². The number of primary amides is 1. The average molecular weight is 275 g/mol. The SMILES string of the molecule is CCCN1CCC(Nc2ccc(C)cc2)(C(N)=O)CC1. The summed E-state index contributed by atoms with van der Waals surface area (Å²) in [5.41, 5.74) is 7.26. The van der Waals surface area contributed by atoms with Crippen LogP contribution < -0.4 is 11.1 Å². The molecule has 0 radical (unpaired) electrons. The zero-order valence-corrected chi connectivity index (χ0v) is 12.5. The summed E-state index contributed by atoms with van der Waals surface area (Å²) in [5, 5.41) is 3.38. The standard InChI is InChI=1S/C16H25N3O/c1-3-10-19-11-8-16(9-12-19,15(17)20)18-14-6-4-13(2)5-7-14/h4-7,18H,3,8-12H2,1-2H3,(H2,17,20). The highest BCUT2D eigenvalue weighted by Gasteiger charge is 2.39. The number of nitrogens with two attached hydrogens (primary N) is 1.